The Morgan fingerprint density at radius 1 is 0.929 bits per heavy atom. The van der Waals surface area contributed by atoms with Gasteiger partial charge in [0.2, 0.25) is 5.91 Å². The third kappa shape index (κ3) is 5.74. The van der Waals surface area contributed by atoms with Crippen molar-refractivity contribution in [2.24, 2.45) is 0 Å². The molecule has 0 unspecified atom stereocenters. The molecule has 3 rings (SSSR count). The summed E-state index contributed by atoms with van der Waals surface area (Å²) < 4.78 is 5.11. The normalized spacial score (nSPS) is 14.2. The largest absolute Gasteiger partial charge is 0.497 e. The molecule has 1 fully saturated rings. The highest BCUT2D eigenvalue weighted by molar-refractivity contribution is 5.96. The van der Waals surface area contributed by atoms with Gasteiger partial charge in [0.15, 0.2) is 0 Å². The second-order valence-corrected chi connectivity index (χ2v) is 7.02. The van der Waals surface area contributed by atoms with Crippen molar-refractivity contribution in [1.29, 1.82) is 0 Å². The molecule has 6 nitrogen and oxygen atoms in total. The minimum Gasteiger partial charge on any atom is -0.497 e. The Morgan fingerprint density at radius 3 is 2.21 bits per heavy atom. The lowest BCUT2D eigenvalue weighted by atomic mass is 9.95. The molecule has 0 spiro atoms. The number of amides is 2. The molecule has 0 heterocycles. The number of nitrogens with one attached hydrogen (secondary N) is 3. The molecule has 2 aromatic rings. The number of methoxy groups -OCH3 is 1. The molecule has 148 valence electrons. The maximum absolute atomic E-state index is 12.3. The van der Waals surface area contributed by atoms with E-state index < -0.39 is 0 Å². The predicted octanol–water partition coefficient (Wildman–Crippen LogP) is 3.81. The Hall–Kier alpha value is -3.02. The van der Waals surface area contributed by atoms with Crippen LogP contribution < -0.4 is 20.7 Å². The number of ether oxygens (including phenoxy) is 1. The fourth-order valence-electron chi connectivity index (χ4n) is 3.32. The van der Waals surface area contributed by atoms with Gasteiger partial charge in [-0.25, -0.2) is 0 Å². The van der Waals surface area contributed by atoms with E-state index in [4.69, 9.17) is 4.74 Å². The van der Waals surface area contributed by atoms with Crippen molar-refractivity contribution in [3.63, 3.8) is 0 Å². The number of carbonyl (C=O) groups is 2. The zero-order valence-electron chi connectivity index (χ0n) is 16.2. The molecule has 1 aliphatic carbocycles. The molecule has 0 aliphatic heterocycles. The van der Waals surface area contributed by atoms with Crippen LogP contribution in [0.4, 0.5) is 11.4 Å². The minimum absolute atomic E-state index is 0.0500. The lowest BCUT2D eigenvalue weighted by Crippen LogP contribution is -2.36. The summed E-state index contributed by atoms with van der Waals surface area (Å²) >= 11 is 0. The van der Waals surface area contributed by atoms with E-state index in [9.17, 15) is 9.59 Å². The smallest absolute Gasteiger partial charge is 0.251 e. The van der Waals surface area contributed by atoms with Gasteiger partial charge in [-0.15, -0.1) is 0 Å². The lowest BCUT2D eigenvalue weighted by Gasteiger charge is -2.22. The minimum atomic E-state index is -0.157. The van der Waals surface area contributed by atoms with Crippen molar-refractivity contribution in [1.82, 2.24) is 5.32 Å². The van der Waals surface area contributed by atoms with Gasteiger partial charge < -0.3 is 20.7 Å². The van der Waals surface area contributed by atoms with Gasteiger partial charge in [-0.1, -0.05) is 19.3 Å². The van der Waals surface area contributed by atoms with Crippen LogP contribution in [-0.2, 0) is 4.79 Å². The van der Waals surface area contributed by atoms with Gasteiger partial charge in [0.05, 0.1) is 13.7 Å². The lowest BCUT2D eigenvalue weighted by molar-refractivity contribution is -0.114. The molecule has 0 bridgehead atoms. The van der Waals surface area contributed by atoms with Crippen molar-refractivity contribution in [3.05, 3.63) is 54.1 Å². The summed E-state index contributed by atoms with van der Waals surface area (Å²) in [5.41, 5.74) is 2.11. The molecule has 0 aromatic heterocycles. The Bertz CT molecular complexity index is 782. The van der Waals surface area contributed by atoms with Crippen LogP contribution in [0.1, 0.15) is 42.5 Å². The van der Waals surface area contributed by atoms with Crippen molar-refractivity contribution in [3.8, 4) is 5.75 Å². The van der Waals surface area contributed by atoms with Gasteiger partial charge in [-0.05, 0) is 61.4 Å². The molecule has 1 saturated carbocycles. The number of rotatable bonds is 7. The molecular formula is C22H27N3O3. The predicted molar refractivity (Wildman–Crippen MR) is 111 cm³/mol. The summed E-state index contributed by atoms with van der Waals surface area (Å²) in [5, 5.41) is 8.98. The fourth-order valence-corrected chi connectivity index (χ4v) is 3.32. The molecular weight excluding hydrogens is 354 g/mol. The first kappa shape index (κ1) is 19.7. The van der Waals surface area contributed by atoms with Gasteiger partial charge in [0, 0.05) is 23.0 Å². The topological polar surface area (TPSA) is 79.5 Å². The Kier molecular flexibility index (Phi) is 6.89. The maximum Gasteiger partial charge on any atom is 0.251 e. The van der Waals surface area contributed by atoms with Crippen molar-refractivity contribution < 1.29 is 14.3 Å². The first-order valence-corrected chi connectivity index (χ1v) is 9.73. The zero-order valence-corrected chi connectivity index (χ0v) is 16.2. The Balaban J connectivity index is 1.46. The molecule has 6 heteroatoms. The zero-order chi connectivity index (χ0) is 19.8. The third-order valence-corrected chi connectivity index (χ3v) is 4.91. The van der Waals surface area contributed by atoms with E-state index in [-0.39, 0.29) is 24.4 Å². The second kappa shape index (κ2) is 9.78. The summed E-state index contributed by atoms with van der Waals surface area (Å²) in [7, 11) is 1.61. The van der Waals surface area contributed by atoms with Crippen LogP contribution in [0.15, 0.2) is 48.5 Å². The maximum atomic E-state index is 12.3. The van der Waals surface area contributed by atoms with Crippen LogP contribution in [-0.4, -0.2) is 31.5 Å². The van der Waals surface area contributed by atoms with E-state index in [0.29, 0.717) is 11.3 Å². The molecule has 0 radical (unpaired) electrons. The third-order valence-electron chi connectivity index (χ3n) is 4.91. The van der Waals surface area contributed by atoms with Gasteiger partial charge in [-0.2, -0.15) is 0 Å². The molecule has 2 aromatic carbocycles. The summed E-state index contributed by atoms with van der Waals surface area (Å²) in [6.07, 6.45) is 5.73. The summed E-state index contributed by atoms with van der Waals surface area (Å²) in [6, 6.07) is 14.6. The second-order valence-electron chi connectivity index (χ2n) is 7.02. The Labute approximate surface area is 165 Å². The van der Waals surface area contributed by atoms with Crippen molar-refractivity contribution in [2.75, 3.05) is 24.3 Å². The highest BCUT2D eigenvalue weighted by Crippen LogP contribution is 2.18. The SMILES string of the molecule is COc1ccc(NCC(=O)Nc2ccc(C(=O)NC3CCCCC3)cc2)cc1. The molecule has 0 saturated heterocycles. The summed E-state index contributed by atoms with van der Waals surface area (Å²) in [4.78, 5) is 24.4. The van der Waals surface area contributed by atoms with Crippen LogP contribution in [0.2, 0.25) is 0 Å². The first-order chi connectivity index (χ1) is 13.6. The van der Waals surface area contributed by atoms with E-state index >= 15 is 0 Å². The molecule has 1 aliphatic rings. The van der Waals surface area contributed by atoms with Crippen LogP contribution >= 0.6 is 0 Å². The van der Waals surface area contributed by atoms with Crippen molar-refractivity contribution in [2.45, 2.75) is 38.1 Å². The van der Waals surface area contributed by atoms with Gasteiger partial charge in [0.25, 0.3) is 5.91 Å². The van der Waals surface area contributed by atoms with E-state index in [2.05, 4.69) is 16.0 Å². The fraction of sp³-hybridized carbons (Fsp3) is 0.364. The number of carbonyl (C=O) groups excluding carboxylic acids is 2. The van der Waals surface area contributed by atoms with Crippen LogP contribution in [0.5, 0.6) is 5.75 Å². The van der Waals surface area contributed by atoms with E-state index in [1.54, 1.807) is 31.4 Å². The summed E-state index contributed by atoms with van der Waals surface area (Å²) in [5.74, 6) is 0.559. The quantitative estimate of drug-likeness (QED) is 0.681. The van der Waals surface area contributed by atoms with Crippen LogP contribution in [0.3, 0.4) is 0 Å². The number of anilines is 2. The number of hydrogen-bond donors (Lipinski definition) is 3. The highest BCUT2D eigenvalue weighted by atomic mass is 16.5. The molecule has 2 amide bonds. The van der Waals surface area contributed by atoms with E-state index in [1.165, 1.54) is 19.3 Å². The van der Waals surface area contributed by atoms with Gasteiger partial charge in [0.1, 0.15) is 5.75 Å². The average molecular weight is 381 g/mol. The molecule has 0 atom stereocenters. The van der Waals surface area contributed by atoms with E-state index in [1.807, 2.05) is 24.3 Å². The first-order valence-electron chi connectivity index (χ1n) is 9.73. The molecule has 28 heavy (non-hydrogen) atoms. The van der Waals surface area contributed by atoms with Gasteiger partial charge >= 0.3 is 0 Å². The highest BCUT2D eigenvalue weighted by Gasteiger charge is 2.16. The molecule has 3 N–H and O–H groups in total. The average Bonchev–Trinajstić information content (AvgIpc) is 2.74. The number of benzene rings is 2. The van der Waals surface area contributed by atoms with Crippen LogP contribution in [0, 0.1) is 0 Å². The van der Waals surface area contributed by atoms with Gasteiger partial charge in [-0.3, -0.25) is 9.59 Å². The van der Waals surface area contributed by atoms with Crippen LogP contribution in [0.25, 0.3) is 0 Å². The number of hydrogen-bond acceptors (Lipinski definition) is 4. The van der Waals surface area contributed by atoms with E-state index in [0.717, 1.165) is 24.3 Å². The van der Waals surface area contributed by atoms with Crippen molar-refractivity contribution >= 4 is 23.2 Å². The standard InChI is InChI=1S/C22H27N3O3/c1-28-20-13-11-17(12-14-20)23-15-21(26)24-19-9-7-16(8-10-19)22(27)25-18-5-3-2-4-6-18/h7-14,18,23H,2-6,15H2,1H3,(H,24,26)(H,25,27). The summed E-state index contributed by atoms with van der Waals surface area (Å²) in [6.45, 7) is 0.149. The Morgan fingerprint density at radius 2 is 1.57 bits per heavy atom. The monoisotopic (exact) mass is 381 g/mol.